The molecule has 3 N–H and O–H groups in total. The molecule has 1 aromatic carbocycles. The van der Waals surface area contributed by atoms with E-state index < -0.39 is 6.09 Å². The highest BCUT2D eigenvalue weighted by Gasteiger charge is 2.21. The van der Waals surface area contributed by atoms with Gasteiger partial charge in [0.15, 0.2) is 0 Å². The Balaban J connectivity index is 1.73. The maximum atomic E-state index is 11.4. The largest absolute Gasteiger partial charge is 0.449 e. The first-order chi connectivity index (χ1) is 7.74. The average molecular weight is 220 g/mol. The Morgan fingerprint density at radius 1 is 1.50 bits per heavy atom. The van der Waals surface area contributed by atoms with Crippen molar-refractivity contribution >= 4 is 17.5 Å². The number of hydrogen-bond acceptors (Lipinski definition) is 3. The van der Waals surface area contributed by atoms with Crippen molar-refractivity contribution in [2.24, 2.45) is 5.92 Å². The second-order valence-electron chi connectivity index (χ2n) is 4.12. The van der Waals surface area contributed by atoms with Crippen molar-refractivity contribution in [3.63, 3.8) is 0 Å². The number of hydrogen-bond donors (Lipinski definition) is 2. The summed E-state index contributed by atoms with van der Waals surface area (Å²) in [6.07, 6.45) is 3.12. The Hall–Kier alpha value is -1.71. The summed E-state index contributed by atoms with van der Waals surface area (Å²) in [5, 5.41) is 2.64. The summed E-state index contributed by atoms with van der Waals surface area (Å²) in [6.45, 7) is 0.499. The van der Waals surface area contributed by atoms with E-state index in [0.29, 0.717) is 18.0 Å². The maximum Gasteiger partial charge on any atom is 0.411 e. The number of nitrogens with two attached hydrogens (primary N) is 1. The molecule has 1 amide bonds. The van der Waals surface area contributed by atoms with Gasteiger partial charge in [-0.15, -0.1) is 0 Å². The van der Waals surface area contributed by atoms with Crippen molar-refractivity contribution in [3.05, 3.63) is 24.3 Å². The van der Waals surface area contributed by atoms with Crippen LogP contribution in [0.4, 0.5) is 16.2 Å². The second-order valence-corrected chi connectivity index (χ2v) is 4.12. The molecule has 0 aliphatic heterocycles. The molecular formula is C12H16N2O2. The number of carbonyl (C=O) groups excluding carboxylic acids is 1. The standard InChI is InChI=1S/C12H16N2O2/c13-10-2-1-3-11(8-10)14-12(15)16-7-6-9-4-5-9/h1-3,8-9H,4-7,13H2,(H,14,15). The summed E-state index contributed by atoms with van der Waals surface area (Å²) >= 11 is 0. The van der Waals surface area contributed by atoms with Gasteiger partial charge in [-0.2, -0.15) is 0 Å². The quantitative estimate of drug-likeness (QED) is 0.766. The summed E-state index contributed by atoms with van der Waals surface area (Å²) in [6, 6.07) is 7.03. The molecule has 1 saturated carbocycles. The lowest BCUT2D eigenvalue weighted by Crippen LogP contribution is -2.14. The van der Waals surface area contributed by atoms with Gasteiger partial charge in [0.2, 0.25) is 0 Å². The van der Waals surface area contributed by atoms with E-state index in [2.05, 4.69) is 5.32 Å². The van der Waals surface area contributed by atoms with Crippen LogP contribution in [0.3, 0.4) is 0 Å². The van der Waals surface area contributed by atoms with E-state index in [0.717, 1.165) is 12.3 Å². The van der Waals surface area contributed by atoms with Gasteiger partial charge in [0.25, 0.3) is 0 Å². The Kier molecular flexibility index (Phi) is 3.29. The number of nitrogens with one attached hydrogen (secondary N) is 1. The molecule has 1 aromatic rings. The summed E-state index contributed by atoms with van der Waals surface area (Å²) in [5.41, 5.74) is 6.87. The Bertz CT molecular complexity index is 375. The van der Waals surface area contributed by atoms with Crippen LogP contribution >= 0.6 is 0 Å². The SMILES string of the molecule is Nc1cccc(NC(=O)OCCC2CC2)c1. The van der Waals surface area contributed by atoms with Crippen LogP contribution in [0, 0.1) is 5.92 Å². The number of amides is 1. The topological polar surface area (TPSA) is 64.3 Å². The second kappa shape index (κ2) is 4.88. The van der Waals surface area contributed by atoms with Gasteiger partial charge in [-0.25, -0.2) is 4.79 Å². The minimum Gasteiger partial charge on any atom is -0.449 e. The fourth-order valence-corrected chi connectivity index (χ4v) is 1.50. The van der Waals surface area contributed by atoms with Crippen LogP contribution in [0.2, 0.25) is 0 Å². The van der Waals surface area contributed by atoms with E-state index in [1.807, 2.05) is 0 Å². The normalized spacial score (nSPS) is 14.5. The third-order valence-electron chi connectivity index (χ3n) is 2.59. The van der Waals surface area contributed by atoms with E-state index in [4.69, 9.17) is 10.5 Å². The highest BCUT2D eigenvalue weighted by molar-refractivity contribution is 5.85. The average Bonchev–Trinajstić information content (AvgIpc) is 3.01. The Morgan fingerprint density at radius 3 is 3.00 bits per heavy atom. The van der Waals surface area contributed by atoms with Gasteiger partial charge in [-0.05, 0) is 30.5 Å². The molecule has 0 unspecified atom stereocenters. The molecule has 1 aliphatic rings. The first kappa shape index (κ1) is 10.8. The third-order valence-corrected chi connectivity index (χ3v) is 2.59. The predicted molar refractivity (Wildman–Crippen MR) is 63.2 cm³/mol. The van der Waals surface area contributed by atoms with E-state index in [-0.39, 0.29) is 0 Å². The van der Waals surface area contributed by atoms with E-state index >= 15 is 0 Å². The number of rotatable bonds is 4. The van der Waals surface area contributed by atoms with Gasteiger partial charge in [-0.3, -0.25) is 5.32 Å². The summed E-state index contributed by atoms with van der Waals surface area (Å²) in [5.74, 6) is 0.778. The van der Waals surface area contributed by atoms with Crippen LogP contribution in [0.15, 0.2) is 24.3 Å². The predicted octanol–water partition coefficient (Wildman–Crippen LogP) is 2.62. The van der Waals surface area contributed by atoms with Crippen molar-refractivity contribution < 1.29 is 9.53 Å². The van der Waals surface area contributed by atoms with Gasteiger partial charge in [0.05, 0.1) is 6.61 Å². The maximum absolute atomic E-state index is 11.4. The van der Waals surface area contributed by atoms with Crippen LogP contribution in [-0.4, -0.2) is 12.7 Å². The minimum atomic E-state index is -0.411. The highest BCUT2D eigenvalue weighted by atomic mass is 16.5. The molecule has 0 bridgehead atoms. The van der Waals surface area contributed by atoms with Gasteiger partial charge in [0.1, 0.15) is 0 Å². The van der Waals surface area contributed by atoms with Crippen LogP contribution in [0.1, 0.15) is 19.3 Å². The zero-order valence-corrected chi connectivity index (χ0v) is 9.11. The summed E-state index contributed by atoms with van der Waals surface area (Å²) in [4.78, 5) is 11.4. The van der Waals surface area contributed by atoms with Gasteiger partial charge >= 0.3 is 6.09 Å². The van der Waals surface area contributed by atoms with Gasteiger partial charge < -0.3 is 10.5 Å². The van der Waals surface area contributed by atoms with Crippen molar-refractivity contribution in [1.82, 2.24) is 0 Å². The van der Waals surface area contributed by atoms with Crippen molar-refractivity contribution in [3.8, 4) is 0 Å². The lowest BCUT2D eigenvalue weighted by atomic mass is 10.3. The van der Waals surface area contributed by atoms with Crippen molar-refractivity contribution in [2.45, 2.75) is 19.3 Å². The highest BCUT2D eigenvalue weighted by Crippen LogP contribution is 2.32. The third kappa shape index (κ3) is 3.46. The fourth-order valence-electron chi connectivity index (χ4n) is 1.50. The van der Waals surface area contributed by atoms with E-state index in [1.165, 1.54) is 12.8 Å². The first-order valence-electron chi connectivity index (χ1n) is 5.53. The molecule has 4 nitrogen and oxygen atoms in total. The molecule has 0 spiro atoms. The molecule has 0 saturated heterocycles. The van der Waals surface area contributed by atoms with Gasteiger partial charge in [-0.1, -0.05) is 18.9 Å². The van der Waals surface area contributed by atoms with Crippen LogP contribution < -0.4 is 11.1 Å². The number of carbonyl (C=O) groups is 1. The summed E-state index contributed by atoms with van der Waals surface area (Å²) < 4.78 is 5.05. The van der Waals surface area contributed by atoms with E-state index in [9.17, 15) is 4.79 Å². The van der Waals surface area contributed by atoms with Gasteiger partial charge in [0, 0.05) is 11.4 Å². The Labute approximate surface area is 94.8 Å². The summed E-state index contributed by atoms with van der Waals surface area (Å²) in [7, 11) is 0. The van der Waals surface area contributed by atoms with Crippen LogP contribution in [-0.2, 0) is 4.74 Å². The zero-order valence-electron chi connectivity index (χ0n) is 9.11. The molecule has 0 aromatic heterocycles. The smallest absolute Gasteiger partial charge is 0.411 e. The lowest BCUT2D eigenvalue weighted by Gasteiger charge is -2.06. The number of benzene rings is 1. The molecule has 1 fully saturated rings. The molecule has 4 heteroatoms. The zero-order chi connectivity index (χ0) is 11.4. The fraction of sp³-hybridized carbons (Fsp3) is 0.417. The molecule has 16 heavy (non-hydrogen) atoms. The molecule has 0 heterocycles. The lowest BCUT2D eigenvalue weighted by molar-refractivity contribution is 0.158. The molecule has 0 radical (unpaired) electrons. The van der Waals surface area contributed by atoms with Crippen LogP contribution in [0.25, 0.3) is 0 Å². The minimum absolute atomic E-state index is 0.411. The van der Waals surface area contributed by atoms with Crippen molar-refractivity contribution in [2.75, 3.05) is 17.7 Å². The Morgan fingerprint density at radius 2 is 2.31 bits per heavy atom. The molecule has 2 rings (SSSR count). The monoisotopic (exact) mass is 220 g/mol. The van der Waals surface area contributed by atoms with E-state index in [1.54, 1.807) is 24.3 Å². The first-order valence-corrected chi connectivity index (χ1v) is 5.53. The number of ether oxygens (including phenoxy) is 1. The molecular weight excluding hydrogens is 204 g/mol. The number of anilines is 2. The molecule has 86 valence electrons. The number of nitrogen functional groups attached to an aromatic ring is 1. The molecule has 1 aliphatic carbocycles. The van der Waals surface area contributed by atoms with Crippen molar-refractivity contribution in [1.29, 1.82) is 0 Å². The molecule has 0 atom stereocenters. The van der Waals surface area contributed by atoms with Crippen LogP contribution in [0.5, 0.6) is 0 Å².